The third kappa shape index (κ3) is 2.15. The van der Waals surface area contributed by atoms with Crippen LogP contribution < -0.4 is 5.32 Å². The molecule has 0 unspecified atom stereocenters. The lowest BCUT2D eigenvalue weighted by molar-refractivity contribution is 0.615. The van der Waals surface area contributed by atoms with Gasteiger partial charge in [0.05, 0.1) is 6.20 Å². The molecule has 3 aromatic rings. The number of aromatic nitrogens is 5. The molecular formula is C11H11FN6. The number of fused-ring (bicyclic) bond motifs is 1. The van der Waals surface area contributed by atoms with E-state index >= 15 is 0 Å². The second-order valence-electron chi connectivity index (χ2n) is 3.80. The monoisotopic (exact) mass is 246 g/mol. The van der Waals surface area contributed by atoms with Gasteiger partial charge < -0.3 is 10.3 Å². The van der Waals surface area contributed by atoms with Crippen molar-refractivity contribution in [1.29, 1.82) is 0 Å². The van der Waals surface area contributed by atoms with E-state index < -0.39 is 0 Å². The molecule has 0 aliphatic rings. The van der Waals surface area contributed by atoms with E-state index in [0.29, 0.717) is 18.1 Å². The van der Waals surface area contributed by atoms with E-state index in [0.717, 1.165) is 12.2 Å². The Morgan fingerprint density at radius 3 is 3.17 bits per heavy atom. The van der Waals surface area contributed by atoms with Gasteiger partial charge in [-0.15, -0.1) is 5.10 Å². The Labute approximate surface area is 102 Å². The zero-order valence-electron chi connectivity index (χ0n) is 9.47. The molecule has 6 nitrogen and oxygen atoms in total. The minimum absolute atomic E-state index is 0.338. The number of H-pyrrole nitrogens is 1. The Balaban J connectivity index is 1.67. The number of hydrogen-bond donors (Lipinski definition) is 2. The van der Waals surface area contributed by atoms with Gasteiger partial charge in [0.15, 0.2) is 5.65 Å². The van der Waals surface area contributed by atoms with Crippen molar-refractivity contribution in [2.24, 2.45) is 0 Å². The van der Waals surface area contributed by atoms with Crippen LogP contribution in [0.15, 0.2) is 30.7 Å². The maximum Gasteiger partial charge on any atom is 0.243 e. The quantitative estimate of drug-likeness (QED) is 0.726. The summed E-state index contributed by atoms with van der Waals surface area (Å²) in [7, 11) is 0. The number of nitrogens with one attached hydrogen (secondary N) is 2. The Morgan fingerprint density at radius 1 is 1.39 bits per heavy atom. The minimum Gasteiger partial charge on any atom is -0.352 e. The number of rotatable bonds is 4. The summed E-state index contributed by atoms with van der Waals surface area (Å²) >= 11 is 0. The predicted molar refractivity (Wildman–Crippen MR) is 63.7 cm³/mol. The van der Waals surface area contributed by atoms with Gasteiger partial charge in [-0.2, -0.15) is 4.98 Å². The molecule has 92 valence electrons. The van der Waals surface area contributed by atoms with Crippen LogP contribution in [0.25, 0.3) is 5.65 Å². The summed E-state index contributed by atoms with van der Waals surface area (Å²) in [6.07, 6.45) is 5.53. The molecule has 18 heavy (non-hydrogen) atoms. The Hall–Kier alpha value is -2.44. The number of hydrogen-bond acceptors (Lipinski definition) is 4. The first-order valence-corrected chi connectivity index (χ1v) is 5.55. The van der Waals surface area contributed by atoms with Crippen LogP contribution in [0.3, 0.4) is 0 Å². The molecule has 0 aromatic carbocycles. The molecule has 7 heteroatoms. The molecule has 0 spiro atoms. The van der Waals surface area contributed by atoms with Crippen LogP contribution in [-0.2, 0) is 6.42 Å². The van der Waals surface area contributed by atoms with Crippen molar-refractivity contribution in [2.45, 2.75) is 6.42 Å². The predicted octanol–water partition coefficient (Wildman–Crippen LogP) is 1.25. The fourth-order valence-corrected chi connectivity index (χ4v) is 1.66. The zero-order chi connectivity index (χ0) is 12.4. The van der Waals surface area contributed by atoms with Gasteiger partial charge in [0.25, 0.3) is 0 Å². The first-order chi connectivity index (χ1) is 8.81. The van der Waals surface area contributed by atoms with Gasteiger partial charge in [0.2, 0.25) is 5.95 Å². The Morgan fingerprint density at radius 2 is 2.33 bits per heavy atom. The molecule has 0 radical (unpaired) electrons. The zero-order valence-corrected chi connectivity index (χ0v) is 9.47. The van der Waals surface area contributed by atoms with Crippen LogP contribution in [-0.4, -0.2) is 31.1 Å². The van der Waals surface area contributed by atoms with E-state index in [2.05, 4.69) is 25.4 Å². The molecule has 0 bridgehead atoms. The summed E-state index contributed by atoms with van der Waals surface area (Å²) < 4.78 is 14.4. The summed E-state index contributed by atoms with van der Waals surface area (Å²) in [4.78, 5) is 11.3. The SMILES string of the molecule is Fc1ccc2nc(NCCc3ncc[nH]3)nn2c1. The van der Waals surface area contributed by atoms with Crippen molar-refractivity contribution < 1.29 is 4.39 Å². The molecule has 0 saturated heterocycles. The number of nitrogens with zero attached hydrogens (tertiary/aromatic N) is 4. The topological polar surface area (TPSA) is 70.9 Å². The maximum atomic E-state index is 13.0. The molecule has 0 saturated carbocycles. The molecule has 3 aromatic heterocycles. The summed E-state index contributed by atoms with van der Waals surface area (Å²) in [6.45, 7) is 0.660. The highest BCUT2D eigenvalue weighted by Gasteiger charge is 2.03. The third-order valence-electron chi connectivity index (χ3n) is 2.49. The number of imidazole rings is 1. The lowest BCUT2D eigenvalue weighted by Gasteiger charge is -1.98. The van der Waals surface area contributed by atoms with E-state index in [4.69, 9.17) is 0 Å². The Kier molecular flexibility index (Phi) is 2.64. The van der Waals surface area contributed by atoms with E-state index in [1.54, 1.807) is 18.5 Å². The Bertz CT molecular complexity index is 645. The molecule has 0 fully saturated rings. The molecule has 3 rings (SSSR count). The molecule has 0 aliphatic carbocycles. The lowest BCUT2D eigenvalue weighted by Crippen LogP contribution is -2.07. The van der Waals surface area contributed by atoms with Gasteiger partial charge in [0, 0.05) is 25.4 Å². The summed E-state index contributed by atoms with van der Waals surface area (Å²) in [6, 6.07) is 2.94. The van der Waals surface area contributed by atoms with Crippen LogP contribution >= 0.6 is 0 Å². The fourth-order valence-electron chi connectivity index (χ4n) is 1.66. The largest absolute Gasteiger partial charge is 0.352 e. The third-order valence-corrected chi connectivity index (χ3v) is 2.49. The van der Waals surface area contributed by atoms with Crippen LogP contribution in [0, 0.1) is 5.82 Å². The van der Waals surface area contributed by atoms with Crippen molar-refractivity contribution in [2.75, 3.05) is 11.9 Å². The van der Waals surface area contributed by atoms with Crippen molar-refractivity contribution in [1.82, 2.24) is 24.6 Å². The molecule has 0 atom stereocenters. The van der Waals surface area contributed by atoms with Crippen molar-refractivity contribution >= 4 is 11.6 Å². The number of anilines is 1. The van der Waals surface area contributed by atoms with Crippen LogP contribution in [0.2, 0.25) is 0 Å². The van der Waals surface area contributed by atoms with Crippen molar-refractivity contribution in [3.05, 3.63) is 42.4 Å². The highest BCUT2D eigenvalue weighted by atomic mass is 19.1. The van der Waals surface area contributed by atoms with Crippen LogP contribution in [0.1, 0.15) is 5.82 Å². The second kappa shape index (κ2) is 4.44. The number of pyridine rings is 1. The van der Waals surface area contributed by atoms with Crippen LogP contribution in [0.5, 0.6) is 0 Å². The molecule has 0 amide bonds. The van der Waals surface area contributed by atoms with E-state index in [1.807, 2.05) is 0 Å². The summed E-state index contributed by atoms with van der Waals surface area (Å²) in [5.74, 6) is 1.04. The van der Waals surface area contributed by atoms with Crippen molar-refractivity contribution in [3.8, 4) is 0 Å². The number of aromatic amines is 1. The normalized spacial score (nSPS) is 10.9. The molecule has 3 heterocycles. The lowest BCUT2D eigenvalue weighted by atomic mass is 10.4. The van der Waals surface area contributed by atoms with Gasteiger partial charge >= 0.3 is 0 Å². The molecule has 2 N–H and O–H groups in total. The molecule has 0 aliphatic heterocycles. The average Bonchev–Trinajstić information content (AvgIpc) is 2.97. The summed E-state index contributed by atoms with van der Waals surface area (Å²) in [5, 5.41) is 7.18. The highest BCUT2D eigenvalue weighted by molar-refractivity contribution is 5.42. The highest BCUT2D eigenvalue weighted by Crippen LogP contribution is 2.06. The van der Waals surface area contributed by atoms with Crippen LogP contribution in [0.4, 0.5) is 10.3 Å². The molecular weight excluding hydrogens is 235 g/mol. The van der Waals surface area contributed by atoms with E-state index in [9.17, 15) is 4.39 Å². The minimum atomic E-state index is -0.338. The van der Waals surface area contributed by atoms with Gasteiger partial charge in [0.1, 0.15) is 11.6 Å². The van der Waals surface area contributed by atoms with Gasteiger partial charge in [-0.05, 0) is 12.1 Å². The van der Waals surface area contributed by atoms with E-state index in [1.165, 1.54) is 16.8 Å². The smallest absolute Gasteiger partial charge is 0.243 e. The standard InChI is InChI=1S/C11H11FN6/c12-8-1-2-10-16-11(17-18(10)7-8)15-4-3-9-13-5-6-14-9/h1-2,5-7H,3-4H2,(H,13,14)(H,15,17). The first kappa shape index (κ1) is 10.7. The summed E-state index contributed by atoms with van der Waals surface area (Å²) in [5.41, 5.74) is 0.608. The van der Waals surface area contributed by atoms with Crippen molar-refractivity contribution in [3.63, 3.8) is 0 Å². The van der Waals surface area contributed by atoms with E-state index in [-0.39, 0.29) is 5.82 Å². The fraction of sp³-hybridized carbons (Fsp3) is 0.182. The van der Waals surface area contributed by atoms with Gasteiger partial charge in [-0.1, -0.05) is 0 Å². The van der Waals surface area contributed by atoms with Gasteiger partial charge in [-0.25, -0.2) is 13.9 Å². The average molecular weight is 246 g/mol. The maximum absolute atomic E-state index is 13.0. The first-order valence-electron chi connectivity index (χ1n) is 5.55. The van der Waals surface area contributed by atoms with Gasteiger partial charge in [-0.3, -0.25) is 0 Å². The second-order valence-corrected chi connectivity index (χ2v) is 3.80. The number of halogens is 1.